The summed E-state index contributed by atoms with van der Waals surface area (Å²) in [5.74, 6) is 0.243. The van der Waals surface area contributed by atoms with E-state index in [0.29, 0.717) is 41.4 Å². The van der Waals surface area contributed by atoms with E-state index in [-0.39, 0.29) is 6.61 Å². The van der Waals surface area contributed by atoms with Crippen molar-refractivity contribution in [2.75, 3.05) is 7.11 Å². The van der Waals surface area contributed by atoms with Gasteiger partial charge in [0.25, 0.3) is 5.56 Å². The minimum Gasteiger partial charge on any atom is -0.496 e. The van der Waals surface area contributed by atoms with E-state index in [1.807, 2.05) is 13.8 Å². The first-order valence-corrected chi connectivity index (χ1v) is 9.54. The first-order chi connectivity index (χ1) is 14.0. The first-order valence-electron chi connectivity index (χ1n) is 9.54. The number of imidazole rings is 1. The molecule has 0 aliphatic carbocycles. The van der Waals surface area contributed by atoms with E-state index in [0.717, 1.165) is 12.8 Å². The highest BCUT2D eigenvalue weighted by atomic mass is 16.5. The standard InChI is InChI=1S/C20H24N4O5/c1-4-6-11-24-17-16(18(25)22-20(24)27)23(5-2)15(21-17)12-29-19(26)13-9-7-8-10-14(13)28-3/h7-10H,4-6,11-12H2,1-3H3,(H,22,25,27). The fourth-order valence-corrected chi connectivity index (χ4v) is 3.21. The largest absolute Gasteiger partial charge is 0.496 e. The molecule has 0 saturated heterocycles. The summed E-state index contributed by atoms with van der Waals surface area (Å²) in [6, 6.07) is 6.75. The minimum absolute atomic E-state index is 0.138. The number of fused-ring (bicyclic) bond motifs is 1. The van der Waals surface area contributed by atoms with Crippen LogP contribution in [0.3, 0.4) is 0 Å². The summed E-state index contributed by atoms with van der Waals surface area (Å²) >= 11 is 0. The van der Waals surface area contributed by atoms with Crippen LogP contribution >= 0.6 is 0 Å². The maximum absolute atomic E-state index is 12.5. The molecule has 2 heterocycles. The number of carbonyl (C=O) groups is 1. The van der Waals surface area contributed by atoms with Crippen LogP contribution in [0.2, 0.25) is 0 Å². The van der Waals surface area contributed by atoms with Crippen molar-refractivity contribution in [3.63, 3.8) is 0 Å². The van der Waals surface area contributed by atoms with Crippen molar-refractivity contribution in [1.29, 1.82) is 0 Å². The van der Waals surface area contributed by atoms with Gasteiger partial charge in [0.15, 0.2) is 11.2 Å². The number of nitrogens with zero attached hydrogens (tertiary/aromatic N) is 3. The minimum atomic E-state index is -0.561. The molecule has 3 aromatic rings. The molecule has 0 amide bonds. The number of ether oxygens (including phenoxy) is 2. The van der Waals surface area contributed by atoms with Crippen molar-refractivity contribution in [3.8, 4) is 5.75 Å². The molecule has 0 spiro atoms. The smallest absolute Gasteiger partial charge is 0.342 e. The van der Waals surface area contributed by atoms with Crippen LogP contribution in [0.15, 0.2) is 33.9 Å². The van der Waals surface area contributed by atoms with Gasteiger partial charge in [0.05, 0.1) is 7.11 Å². The quantitative estimate of drug-likeness (QED) is 0.580. The topological polar surface area (TPSA) is 108 Å². The van der Waals surface area contributed by atoms with E-state index >= 15 is 0 Å². The number of aromatic amines is 1. The summed E-state index contributed by atoms with van der Waals surface area (Å²) in [4.78, 5) is 44.0. The number of carbonyl (C=O) groups excluding carboxylic acids is 1. The van der Waals surface area contributed by atoms with Gasteiger partial charge in [0, 0.05) is 13.1 Å². The molecule has 0 atom stereocenters. The Bertz CT molecular complexity index is 1140. The summed E-state index contributed by atoms with van der Waals surface area (Å²) in [5, 5.41) is 0. The average molecular weight is 400 g/mol. The predicted molar refractivity (Wildman–Crippen MR) is 107 cm³/mol. The third kappa shape index (κ3) is 3.94. The second-order valence-corrected chi connectivity index (χ2v) is 6.49. The van der Waals surface area contributed by atoms with Crippen LogP contribution in [0.1, 0.15) is 42.9 Å². The lowest BCUT2D eigenvalue weighted by atomic mass is 10.2. The fraction of sp³-hybridized carbons (Fsp3) is 0.400. The van der Waals surface area contributed by atoms with Gasteiger partial charge >= 0.3 is 11.7 Å². The van der Waals surface area contributed by atoms with Crippen molar-refractivity contribution in [2.45, 2.75) is 46.4 Å². The first kappa shape index (κ1) is 20.4. The summed E-state index contributed by atoms with van der Waals surface area (Å²) in [7, 11) is 1.48. The number of para-hydroxylation sites is 1. The number of hydrogen-bond donors (Lipinski definition) is 1. The van der Waals surface area contributed by atoms with Gasteiger partial charge in [-0.25, -0.2) is 14.6 Å². The van der Waals surface area contributed by atoms with Crippen LogP contribution in [0.4, 0.5) is 0 Å². The molecule has 0 unspecified atom stereocenters. The number of methoxy groups -OCH3 is 1. The Morgan fingerprint density at radius 1 is 1.17 bits per heavy atom. The lowest BCUT2D eigenvalue weighted by molar-refractivity contribution is 0.0455. The van der Waals surface area contributed by atoms with E-state index in [1.54, 1.807) is 28.8 Å². The molecule has 0 aliphatic heterocycles. The monoisotopic (exact) mass is 400 g/mol. The Balaban J connectivity index is 1.97. The van der Waals surface area contributed by atoms with Crippen LogP contribution in [-0.4, -0.2) is 32.2 Å². The Hall–Kier alpha value is -3.36. The highest BCUT2D eigenvalue weighted by molar-refractivity contribution is 5.92. The zero-order valence-corrected chi connectivity index (χ0v) is 16.7. The SMILES string of the molecule is CCCCn1c(=O)[nH]c(=O)c2c1nc(COC(=O)c1ccccc1OC)n2CC. The van der Waals surface area contributed by atoms with E-state index in [4.69, 9.17) is 9.47 Å². The van der Waals surface area contributed by atoms with E-state index in [2.05, 4.69) is 9.97 Å². The van der Waals surface area contributed by atoms with Gasteiger partial charge in [-0.2, -0.15) is 0 Å². The highest BCUT2D eigenvalue weighted by Crippen LogP contribution is 2.19. The molecule has 9 nitrogen and oxygen atoms in total. The Morgan fingerprint density at radius 3 is 2.62 bits per heavy atom. The predicted octanol–water partition coefficient (Wildman–Crippen LogP) is 2.07. The normalized spacial score (nSPS) is 11.0. The third-order valence-corrected chi connectivity index (χ3v) is 4.68. The zero-order valence-electron chi connectivity index (χ0n) is 16.7. The maximum atomic E-state index is 12.5. The van der Waals surface area contributed by atoms with Crippen molar-refractivity contribution < 1.29 is 14.3 Å². The third-order valence-electron chi connectivity index (χ3n) is 4.68. The lowest BCUT2D eigenvalue weighted by Gasteiger charge is -2.09. The number of H-pyrrole nitrogens is 1. The van der Waals surface area contributed by atoms with Gasteiger partial charge in [0.2, 0.25) is 0 Å². The molecule has 9 heteroatoms. The second kappa shape index (κ2) is 8.76. The fourth-order valence-electron chi connectivity index (χ4n) is 3.21. The molecular weight excluding hydrogens is 376 g/mol. The molecule has 2 aromatic heterocycles. The van der Waals surface area contributed by atoms with Gasteiger partial charge in [-0.3, -0.25) is 14.3 Å². The lowest BCUT2D eigenvalue weighted by Crippen LogP contribution is -2.31. The molecule has 1 N–H and O–H groups in total. The Labute approximate surface area is 166 Å². The Morgan fingerprint density at radius 2 is 1.93 bits per heavy atom. The molecule has 0 fully saturated rings. The number of nitrogens with one attached hydrogen (secondary N) is 1. The molecule has 1 aromatic carbocycles. The number of hydrogen-bond acceptors (Lipinski definition) is 6. The van der Waals surface area contributed by atoms with Crippen LogP contribution in [0, 0.1) is 0 Å². The van der Waals surface area contributed by atoms with E-state index < -0.39 is 17.2 Å². The highest BCUT2D eigenvalue weighted by Gasteiger charge is 2.20. The van der Waals surface area contributed by atoms with Gasteiger partial charge in [-0.15, -0.1) is 0 Å². The van der Waals surface area contributed by atoms with Crippen LogP contribution in [-0.2, 0) is 24.4 Å². The van der Waals surface area contributed by atoms with Crippen LogP contribution < -0.4 is 16.0 Å². The number of aromatic nitrogens is 4. The summed E-state index contributed by atoms with van der Waals surface area (Å²) in [6.45, 7) is 4.62. The maximum Gasteiger partial charge on any atom is 0.342 e. The zero-order chi connectivity index (χ0) is 21.0. The van der Waals surface area contributed by atoms with Crippen molar-refractivity contribution in [1.82, 2.24) is 19.1 Å². The van der Waals surface area contributed by atoms with Crippen molar-refractivity contribution in [2.24, 2.45) is 0 Å². The molecule has 0 radical (unpaired) electrons. The molecule has 3 rings (SSSR count). The van der Waals surface area contributed by atoms with Gasteiger partial charge < -0.3 is 14.0 Å². The number of benzene rings is 1. The summed E-state index contributed by atoms with van der Waals surface area (Å²) in [6.07, 6.45) is 1.67. The van der Waals surface area contributed by atoms with Crippen molar-refractivity contribution >= 4 is 17.1 Å². The molecule has 0 aliphatic rings. The van der Waals surface area contributed by atoms with Gasteiger partial charge in [-0.05, 0) is 25.5 Å². The van der Waals surface area contributed by atoms with Gasteiger partial charge in [0.1, 0.15) is 23.7 Å². The van der Waals surface area contributed by atoms with Crippen molar-refractivity contribution in [3.05, 3.63) is 56.5 Å². The second-order valence-electron chi connectivity index (χ2n) is 6.49. The Kier molecular flexibility index (Phi) is 6.16. The number of rotatable bonds is 8. The summed E-state index contributed by atoms with van der Waals surface area (Å²) < 4.78 is 13.7. The molecule has 0 saturated carbocycles. The summed E-state index contributed by atoms with van der Waals surface area (Å²) in [5.41, 5.74) is -0.0977. The van der Waals surface area contributed by atoms with E-state index in [1.165, 1.54) is 11.7 Å². The number of unbranched alkanes of at least 4 members (excludes halogenated alkanes) is 1. The average Bonchev–Trinajstić information content (AvgIpc) is 3.10. The molecular formula is C20H24N4O5. The number of aryl methyl sites for hydroxylation is 2. The van der Waals surface area contributed by atoms with Crippen LogP contribution in [0.25, 0.3) is 11.2 Å². The molecule has 29 heavy (non-hydrogen) atoms. The number of esters is 1. The van der Waals surface area contributed by atoms with Gasteiger partial charge in [-0.1, -0.05) is 25.5 Å². The molecule has 0 bridgehead atoms. The van der Waals surface area contributed by atoms with E-state index in [9.17, 15) is 14.4 Å². The molecule has 154 valence electrons. The van der Waals surface area contributed by atoms with Crippen LogP contribution in [0.5, 0.6) is 5.75 Å².